The first-order valence-electron chi connectivity index (χ1n) is 8.87. The lowest BCUT2D eigenvalue weighted by molar-refractivity contribution is 0.376. The van der Waals surface area contributed by atoms with Gasteiger partial charge in [0.05, 0.1) is 12.8 Å². The molecular formula is C19H29IN4O3. The van der Waals surface area contributed by atoms with Crippen LogP contribution >= 0.6 is 24.0 Å². The van der Waals surface area contributed by atoms with Crippen molar-refractivity contribution in [1.82, 2.24) is 15.8 Å². The lowest BCUT2D eigenvalue weighted by Gasteiger charge is -2.12. The number of benzene rings is 1. The van der Waals surface area contributed by atoms with Gasteiger partial charge in [-0.25, -0.2) is 4.99 Å². The topological polar surface area (TPSA) is 91.9 Å². The van der Waals surface area contributed by atoms with Crippen molar-refractivity contribution in [3.63, 3.8) is 0 Å². The van der Waals surface area contributed by atoms with E-state index in [1.807, 2.05) is 25.1 Å². The molecule has 8 heteroatoms. The summed E-state index contributed by atoms with van der Waals surface area (Å²) in [5, 5.41) is 20.5. The number of nitrogens with zero attached hydrogens (tertiary/aromatic N) is 2. The summed E-state index contributed by atoms with van der Waals surface area (Å²) in [4.78, 5) is 4.52. The zero-order valence-corrected chi connectivity index (χ0v) is 18.6. The van der Waals surface area contributed by atoms with Crippen molar-refractivity contribution in [2.24, 2.45) is 4.99 Å². The summed E-state index contributed by atoms with van der Waals surface area (Å²) in [6.45, 7) is 7.98. The predicted octanol–water partition coefficient (Wildman–Crippen LogP) is 3.43. The van der Waals surface area contributed by atoms with E-state index in [0.29, 0.717) is 37.1 Å². The van der Waals surface area contributed by atoms with Crippen LogP contribution in [0.1, 0.15) is 43.7 Å². The van der Waals surface area contributed by atoms with Crippen molar-refractivity contribution in [1.29, 1.82) is 0 Å². The Morgan fingerprint density at radius 2 is 2.07 bits per heavy atom. The zero-order chi connectivity index (χ0) is 18.9. The molecule has 0 aliphatic rings. The largest absolute Gasteiger partial charge is 0.508 e. The highest BCUT2D eigenvalue weighted by molar-refractivity contribution is 14.0. The first-order valence-corrected chi connectivity index (χ1v) is 8.87. The summed E-state index contributed by atoms with van der Waals surface area (Å²) < 4.78 is 10.4. The number of hydrogen-bond donors (Lipinski definition) is 3. The molecular weight excluding hydrogens is 459 g/mol. The molecule has 150 valence electrons. The van der Waals surface area contributed by atoms with Gasteiger partial charge in [-0.2, -0.15) is 0 Å². The van der Waals surface area contributed by atoms with Gasteiger partial charge in [-0.3, -0.25) is 0 Å². The van der Waals surface area contributed by atoms with E-state index in [0.717, 1.165) is 23.6 Å². The average Bonchev–Trinajstić information content (AvgIpc) is 3.10. The highest BCUT2D eigenvalue weighted by Gasteiger charge is 2.08. The molecule has 0 spiro atoms. The predicted molar refractivity (Wildman–Crippen MR) is 117 cm³/mol. The van der Waals surface area contributed by atoms with Gasteiger partial charge in [-0.15, -0.1) is 24.0 Å². The molecule has 0 aliphatic carbocycles. The first-order chi connectivity index (χ1) is 12.5. The maximum atomic E-state index is 10.0. The monoisotopic (exact) mass is 488 g/mol. The van der Waals surface area contributed by atoms with Crippen LogP contribution in [0, 0.1) is 0 Å². The Kier molecular flexibility index (Phi) is 9.98. The number of rotatable bonds is 8. The van der Waals surface area contributed by atoms with Crippen LogP contribution in [0.25, 0.3) is 0 Å². The van der Waals surface area contributed by atoms with Crippen molar-refractivity contribution in [3.8, 4) is 11.5 Å². The van der Waals surface area contributed by atoms with Gasteiger partial charge < -0.3 is 25.0 Å². The number of aromatic nitrogens is 1. The third kappa shape index (κ3) is 7.28. The molecule has 0 saturated carbocycles. The van der Waals surface area contributed by atoms with E-state index in [9.17, 15) is 5.11 Å². The number of methoxy groups -OCH3 is 1. The van der Waals surface area contributed by atoms with Crippen LogP contribution in [0.3, 0.4) is 0 Å². The fourth-order valence-corrected chi connectivity index (χ4v) is 2.37. The van der Waals surface area contributed by atoms with Crippen molar-refractivity contribution >= 4 is 29.9 Å². The number of ether oxygens (including phenoxy) is 1. The lowest BCUT2D eigenvalue weighted by atomic mass is 10.1. The number of hydrogen-bond acceptors (Lipinski definition) is 5. The van der Waals surface area contributed by atoms with E-state index in [2.05, 4.69) is 34.6 Å². The zero-order valence-electron chi connectivity index (χ0n) is 16.3. The van der Waals surface area contributed by atoms with E-state index in [4.69, 9.17) is 9.26 Å². The number of phenols is 1. The highest BCUT2D eigenvalue weighted by Crippen LogP contribution is 2.23. The standard InChI is InChI=1S/C19H28N4O3.HI/c1-5-20-19(22-12-16-10-17(13(2)3)23-26-16)21-9-8-14-6-7-15(25-4)11-18(14)24;/h6-7,10-11,13,24H,5,8-9,12H2,1-4H3,(H2,20,21,22);1H. The van der Waals surface area contributed by atoms with Gasteiger partial charge in [0.15, 0.2) is 11.7 Å². The Balaban J connectivity index is 0.00000364. The number of nitrogens with one attached hydrogen (secondary N) is 2. The van der Waals surface area contributed by atoms with Crippen molar-refractivity contribution < 1.29 is 14.4 Å². The van der Waals surface area contributed by atoms with E-state index >= 15 is 0 Å². The molecule has 0 amide bonds. The number of aromatic hydroxyl groups is 1. The van der Waals surface area contributed by atoms with Crippen LogP contribution in [-0.2, 0) is 13.0 Å². The van der Waals surface area contributed by atoms with Crippen LogP contribution in [0.2, 0.25) is 0 Å². The van der Waals surface area contributed by atoms with Crippen LogP contribution in [0.5, 0.6) is 11.5 Å². The summed E-state index contributed by atoms with van der Waals surface area (Å²) in [7, 11) is 1.58. The molecule has 1 aromatic heterocycles. The Morgan fingerprint density at radius 1 is 1.30 bits per heavy atom. The molecule has 0 fully saturated rings. The molecule has 0 radical (unpaired) electrons. The second-order valence-electron chi connectivity index (χ2n) is 6.24. The Morgan fingerprint density at radius 3 is 2.67 bits per heavy atom. The molecule has 1 aromatic carbocycles. The summed E-state index contributed by atoms with van der Waals surface area (Å²) in [5.74, 6) is 2.64. The molecule has 0 unspecified atom stereocenters. The molecule has 0 atom stereocenters. The lowest BCUT2D eigenvalue weighted by Crippen LogP contribution is -2.38. The van der Waals surface area contributed by atoms with E-state index in [1.54, 1.807) is 13.2 Å². The summed E-state index contributed by atoms with van der Waals surface area (Å²) in [6.07, 6.45) is 0.667. The van der Waals surface area contributed by atoms with Gasteiger partial charge in [0.1, 0.15) is 18.0 Å². The smallest absolute Gasteiger partial charge is 0.191 e. The minimum atomic E-state index is 0. The van der Waals surface area contributed by atoms with Gasteiger partial charge in [-0.1, -0.05) is 25.1 Å². The quantitative estimate of drug-likeness (QED) is 0.300. The third-order valence-corrected chi connectivity index (χ3v) is 3.89. The third-order valence-electron chi connectivity index (χ3n) is 3.89. The minimum Gasteiger partial charge on any atom is -0.508 e. The van der Waals surface area contributed by atoms with Gasteiger partial charge in [0, 0.05) is 25.2 Å². The molecule has 3 N–H and O–H groups in total. The van der Waals surface area contributed by atoms with Crippen LogP contribution < -0.4 is 15.4 Å². The van der Waals surface area contributed by atoms with E-state index < -0.39 is 0 Å². The molecule has 7 nitrogen and oxygen atoms in total. The molecule has 0 saturated heterocycles. The number of guanidine groups is 1. The van der Waals surface area contributed by atoms with Gasteiger partial charge in [-0.05, 0) is 30.9 Å². The average molecular weight is 488 g/mol. The molecule has 0 bridgehead atoms. The number of halogens is 1. The minimum absolute atomic E-state index is 0. The van der Waals surface area contributed by atoms with Crippen LogP contribution in [0.15, 0.2) is 33.8 Å². The Bertz CT molecular complexity index is 731. The summed E-state index contributed by atoms with van der Waals surface area (Å²) in [6, 6.07) is 7.25. The first kappa shape index (κ1) is 23.1. The second kappa shape index (κ2) is 11.7. The molecule has 2 rings (SSSR count). The molecule has 0 aliphatic heterocycles. The highest BCUT2D eigenvalue weighted by atomic mass is 127. The van der Waals surface area contributed by atoms with Crippen molar-refractivity contribution in [3.05, 3.63) is 41.3 Å². The maximum absolute atomic E-state index is 10.0. The fourth-order valence-electron chi connectivity index (χ4n) is 2.37. The van der Waals surface area contributed by atoms with Crippen molar-refractivity contribution in [2.75, 3.05) is 20.2 Å². The van der Waals surface area contributed by atoms with Crippen molar-refractivity contribution in [2.45, 2.75) is 39.7 Å². The molecule has 27 heavy (non-hydrogen) atoms. The summed E-state index contributed by atoms with van der Waals surface area (Å²) >= 11 is 0. The SMILES string of the molecule is CCNC(=NCc1cc(C(C)C)no1)NCCc1ccc(OC)cc1O.I. The normalized spacial score (nSPS) is 11.2. The fraction of sp³-hybridized carbons (Fsp3) is 0.474. The molecule has 2 aromatic rings. The van der Waals surface area contributed by atoms with Gasteiger partial charge in [0.25, 0.3) is 0 Å². The number of phenolic OH excluding ortho intramolecular Hbond substituents is 1. The van der Waals surface area contributed by atoms with E-state index in [-0.39, 0.29) is 29.7 Å². The second-order valence-corrected chi connectivity index (χ2v) is 6.24. The van der Waals surface area contributed by atoms with E-state index in [1.165, 1.54) is 0 Å². The maximum Gasteiger partial charge on any atom is 0.191 e. The number of aliphatic imine (C=N–C) groups is 1. The Labute approximate surface area is 177 Å². The Hall–Kier alpha value is -1.97. The molecule has 1 heterocycles. The van der Waals surface area contributed by atoms with Crippen LogP contribution in [-0.4, -0.2) is 36.4 Å². The van der Waals surface area contributed by atoms with Crippen LogP contribution in [0.4, 0.5) is 0 Å². The van der Waals surface area contributed by atoms with Gasteiger partial charge >= 0.3 is 0 Å². The summed E-state index contributed by atoms with van der Waals surface area (Å²) in [5.41, 5.74) is 1.79. The van der Waals surface area contributed by atoms with Gasteiger partial charge in [0.2, 0.25) is 0 Å².